The van der Waals surface area contributed by atoms with Crippen LogP contribution in [0.1, 0.15) is 28.7 Å². The highest BCUT2D eigenvalue weighted by molar-refractivity contribution is 5.82. The molecule has 5 nitrogen and oxygen atoms in total. The van der Waals surface area contributed by atoms with E-state index < -0.39 is 35.3 Å². The number of rotatable bonds is 5. The van der Waals surface area contributed by atoms with Gasteiger partial charge in [-0.15, -0.1) is 0 Å². The van der Waals surface area contributed by atoms with E-state index in [4.69, 9.17) is 4.74 Å². The van der Waals surface area contributed by atoms with Gasteiger partial charge in [-0.1, -0.05) is 48.5 Å². The van der Waals surface area contributed by atoms with Gasteiger partial charge in [0.15, 0.2) is 6.04 Å². The van der Waals surface area contributed by atoms with Crippen molar-refractivity contribution in [2.24, 2.45) is 0 Å². The Morgan fingerprint density at radius 3 is 2.17 bits per heavy atom. The Bertz CT molecular complexity index is 1090. The average molecular weight is 409 g/mol. The second kappa shape index (κ2) is 7.94. The summed E-state index contributed by atoms with van der Waals surface area (Å²) in [6, 6.07) is 16.1. The zero-order chi connectivity index (χ0) is 21.3. The summed E-state index contributed by atoms with van der Waals surface area (Å²) in [4.78, 5) is 23.8. The number of carboxylic acids is 1. The lowest BCUT2D eigenvalue weighted by molar-refractivity contribution is -0.139. The second-order valence-corrected chi connectivity index (χ2v) is 6.91. The number of halogens is 2. The second-order valence-electron chi connectivity index (χ2n) is 6.91. The molecule has 0 spiro atoms. The van der Waals surface area contributed by atoms with E-state index >= 15 is 0 Å². The van der Waals surface area contributed by atoms with Crippen LogP contribution >= 0.6 is 0 Å². The molecule has 1 amide bonds. The van der Waals surface area contributed by atoms with Gasteiger partial charge in [-0.05, 0) is 40.5 Å². The normalized spacial score (nSPS) is 13.3. The van der Waals surface area contributed by atoms with Crippen LogP contribution in [0.4, 0.5) is 13.6 Å². The van der Waals surface area contributed by atoms with Crippen LogP contribution in [0.5, 0.6) is 0 Å². The van der Waals surface area contributed by atoms with E-state index in [2.05, 4.69) is 5.32 Å². The molecule has 3 aromatic carbocycles. The van der Waals surface area contributed by atoms with E-state index in [1.54, 1.807) is 0 Å². The molecule has 1 aliphatic rings. The molecule has 0 unspecified atom stereocenters. The van der Waals surface area contributed by atoms with Gasteiger partial charge in [0.2, 0.25) is 0 Å². The van der Waals surface area contributed by atoms with Crippen molar-refractivity contribution in [3.63, 3.8) is 0 Å². The topological polar surface area (TPSA) is 75.6 Å². The third kappa shape index (κ3) is 3.61. The van der Waals surface area contributed by atoms with Gasteiger partial charge in [0, 0.05) is 11.5 Å². The lowest BCUT2D eigenvalue weighted by Crippen LogP contribution is -2.35. The molecular formula is C23H17F2NO4. The molecule has 0 aliphatic heterocycles. The van der Waals surface area contributed by atoms with Crippen molar-refractivity contribution in [2.45, 2.75) is 12.0 Å². The third-order valence-electron chi connectivity index (χ3n) is 5.12. The van der Waals surface area contributed by atoms with Gasteiger partial charge in [-0.3, -0.25) is 0 Å². The molecular weight excluding hydrogens is 392 g/mol. The maximum atomic E-state index is 14.0. The molecule has 0 saturated carbocycles. The first-order valence-corrected chi connectivity index (χ1v) is 9.25. The Morgan fingerprint density at radius 2 is 1.57 bits per heavy atom. The number of ether oxygens (including phenoxy) is 1. The van der Waals surface area contributed by atoms with Gasteiger partial charge in [0.05, 0.1) is 0 Å². The van der Waals surface area contributed by atoms with E-state index in [0.717, 1.165) is 40.5 Å². The van der Waals surface area contributed by atoms with Crippen LogP contribution in [0.25, 0.3) is 11.1 Å². The average Bonchev–Trinajstić information content (AvgIpc) is 3.06. The molecule has 0 heterocycles. The summed E-state index contributed by atoms with van der Waals surface area (Å²) >= 11 is 0. The standard InChI is InChI=1S/C23H17F2NO4/c24-13-9-10-20(25)18(11-13)21(22(27)28)26-23(29)30-12-19-16-7-3-1-5-14(16)15-6-2-4-8-17(15)19/h1-11,19,21H,12H2,(H,26,29)(H,27,28)/t21-/m1/s1. The Balaban J connectivity index is 1.51. The number of aliphatic carboxylic acids is 1. The minimum atomic E-state index is -1.78. The SMILES string of the molecule is O=C(N[C@@H](C(=O)O)c1cc(F)ccc1F)OCC1c2ccccc2-c2ccccc21. The summed E-state index contributed by atoms with van der Waals surface area (Å²) < 4.78 is 32.7. The summed E-state index contributed by atoms with van der Waals surface area (Å²) in [6.07, 6.45) is -1.03. The number of alkyl carbamates (subject to hydrolysis) is 1. The minimum absolute atomic E-state index is 0.0299. The van der Waals surface area contributed by atoms with E-state index in [9.17, 15) is 23.5 Å². The molecule has 30 heavy (non-hydrogen) atoms. The molecule has 7 heteroatoms. The minimum Gasteiger partial charge on any atom is -0.479 e. The Kier molecular flexibility index (Phi) is 5.18. The number of fused-ring (bicyclic) bond motifs is 3. The van der Waals surface area contributed by atoms with Crippen molar-refractivity contribution in [3.8, 4) is 11.1 Å². The van der Waals surface area contributed by atoms with Crippen molar-refractivity contribution in [3.05, 3.63) is 95.1 Å². The number of nitrogens with one attached hydrogen (secondary N) is 1. The molecule has 0 radical (unpaired) electrons. The van der Waals surface area contributed by atoms with Crippen molar-refractivity contribution < 1.29 is 28.2 Å². The van der Waals surface area contributed by atoms with Crippen molar-refractivity contribution in [1.29, 1.82) is 0 Å². The highest BCUT2D eigenvalue weighted by atomic mass is 19.1. The molecule has 152 valence electrons. The third-order valence-corrected chi connectivity index (χ3v) is 5.12. The van der Waals surface area contributed by atoms with Crippen LogP contribution in [-0.4, -0.2) is 23.8 Å². The molecule has 0 bridgehead atoms. The molecule has 4 rings (SSSR count). The van der Waals surface area contributed by atoms with Crippen molar-refractivity contribution in [2.75, 3.05) is 6.61 Å². The molecule has 0 saturated heterocycles. The Hall–Kier alpha value is -3.74. The van der Waals surface area contributed by atoms with Crippen molar-refractivity contribution >= 4 is 12.1 Å². The smallest absolute Gasteiger partial charge is 0.408 e. The first-order chi connectivity index (χ1) is 14.5. The molecule has 2 N–H and O–H groups in total. The number of carbonyl (C=O) groups is 2. The summed E-state index contributed by atoms with van der Waals surface area (Å²) in [5.41, 5.74) is 3.60. The van der Waals surface area contributed by atoms with Crippen LogP contribution in [0, 0.1) is 11.6 Å². The summed E-state index contributed by atoms with van der Waals surface area (Å²) in [6.45, 7) is -0.0299. The fourth-order valence-corrected chi connectivity index (χ4v) is 3.77. The van der Waals surface area contributed by atoms with Gasteiger partial charge in [0.1, 0.15) is 18.2 Å². The van der Waals surface area contributed by atoms with E-state index in [0.29, 0.717) is 0 Å². The van der Waals surface area contributed by atoms with Gasteiger partial charge < -0.3 is 15.2 Å². The lowest BCUT2D eigenvalue weighted by atomic mass is 9.98. The van der Waals surface area contributed by atoms with Crippen LogP contribution in [0.2, 0.25) is 0 Å². The van der Waals surface area contributed by atoms with E-state index in [-0.39, 0.29) is 12.5 Å². The number of carboxylic acid groups (broad SMARTS) is 1. The van der Waals surface area contributed by atoms with Crippen molar-refractivity contribution in [1.82, 2.24) is 5.32 Å². The largest absolute Gasteiger partial charge is 0.479 e. The molecule has 0 fully saturated rings. The zero-order valence-corrected chi connectivity index (χ0v) is 15.6. The maximum Gasteiger partial charge on any atom is 0.408 e. The van der Waals surface area contributed by atoms with Gasteiger partial charge in [0.25, 0.3) is 0 Å². The monoisotopic (exact) mass is 409 g/mol. The number of hydrogen-bond acceptors (Lipinski definition) is 3. The predicted molar refractivity (Wildman–Crippen MR) is 105 cm³/mol. The Morgan fingerprint density at radius 1 is 0.967 bits per heavy atom. The fraction of sp³-hybridized carbons (Fsp3) is 0.130. The lowest BCUT2D eigenvalue weighted by Gasteiger charge is -2.18. The highest BCUT2D eigenvalue weighted by Gasteiger charge is 2.30. The van der Waals surface area contributed by atoms with E-state index in [1.807, 2.05) is 48.5 Å². The predicted octanol–water partition coefficient (Wildman–Crippen LogP) is 4.63. The maximum absolute atomic E-state index is 14.0. The number of carbonyl (C=O) groups excluding carboxylic acids is 1. The molecule has 1 aliphatic carbocycles. The summed E-state index contributed by atoms with van der Waals surface area (Å²) in [5.74, 6) is -3.50. The van der Waals surface area contributed by atoms with Crippen LogP contribution in [0.3, 0.4) is 0 Å². The number of amides is 1. The number of benzene rings is 3. The zero-order valence-electron chi connectivity index (χ0n) is 15.6. The van der Waals surface area contributed by atoms with Gasteiger partial charge in [-0.25, -0.2) is 18.4 Å². The Labute approximate surface area is 170 Å². The summed E-state index contributed by atoms with van der Waals surface area (Å²) in [7, 11) is 0. The molecule has 1 atom stereocenters. The molecule has 0 aromatic heterocycles. The molecule has 3 aromatic rings. The van der Waals surface area contributed by atoms with Gasteiger partial charge in [-0.2, -0.15) is 0 Å². The van der Waals surface area contributed by atoms with Crippen LogP contribution < -0.4 is 5.32 Å². The van der Waals surface area contributed by atoms with E-state index in [1.165, 1.54) is 0 Å². The highest BCUT2D eigenvalue weighted by Crippen LogP contribution is 2.44. The summed E-state index contributed by atoms with van der Waals surface area (Å²) in [5, 5.41) is 11.5. The number of hydrogen-bond donors (Lipinski definition) is 2. The first kappa shape index (κ1) is 19.6. The van der Waals surface area contributed by atoms with Crippen LogP contribution in [-0.2, 0) is 9.53 Å². The first-order valence-electron chi connectivity index (χ1n) is 9.25. The van der Waals surface area contributed by atoms with Crippen LogP contribution in [0.15, 0.2) is 66.7 Å². The quantitative estimate of drug-likeness (QED) is 0.644. The fourth-order valence-electron chi connectivity index (χ4n) is 3.77. The van der Waals surface area contributed by atoms with Gasteiger partial charge >= 0.3 is 12.1 Å².